The van der Waals surface area contributed by atoms with E-state index < -0.39 is 17.8 Å². The molecule has 0 aliphatic heterocycles. The number of rotatable bonds is 6. The minimum absolute atomic E-state index is 0.239. The third-order valence-corrected chi connectivity index (χ3v) is 5.47. The van der Waals surface area contributed by atoms with Gasteiger partial charge < -0.3 is 14.8 Å². The fourth-order valence-electron chi connectivity index (χ4n) is 2.53. The Bertz CT molecular complexity index is 1180. The fourth-order valence-corrected chi connectivity index (χ4v) is 3.31. The summed E-state index contributed by atoms with van der Waals surface area (Å²) in [5.74, 6) is -1.79. The molecule has 0 fully saturated rings. The van der Waals surface area contributed by atoms with Gasteiger partial charge in [-0.15, -0.1) is 11.3 Å². The molecule has 3 rings (SSSR count). The van der Waals surface area contributed by atoms with Crippen LogP contribution in [0.25, 0.3) is 0 Å². The lowest BCUT2D eigenvalue weighted by atomic mass is 10.2. The van der Waals surface area contributed by atoms with Crippen LogP contribution in [0.3, 0.4) is 0 Å². The molecule has 0 aliphatic carbocycles. The van der Waals surface area contributed by atoms with Gasteiger partial charge in [-0.1, -0.05) is 23.7 Å². The predicted octanol–water partition coefficient (Wildman–Crippen LogP) is 4.03. The molecule has 32 heavy (non-hydrogen) atoms. The molecule has 0 spiro atoms. The number of ether oxygens (including phenoxy) is 2. The van der Waals surface area contributed by atoms with E-state index in [1.54, 1.807) is 60.8 Å². The number of carbonyl (C=O) groups is 3. The Morgan fingerprint density at radius 2 is 1.88 bits per heavy atom. The summed E-state index contributed by atoms with van der Waals surface area (Å²) < 4.78 is 10.6. The van der Waals surface area contributed by atoms with Crippen LogP contribution < -0.4 is 20.2 Å². The van der Waals surface area contributed by atoms with Crippen molar-refractivity contribution in [3.8, 4) is 11.5 Å². The van der Waals surface area contributed by atoms with E-state index in [2.05, 4.69) is 15.8 Å². The molecular formula is C22H18ClN3O5S. The van der Waals surface area contributed by atoms with Gasteiger partial charge in [0.1, 0.15) is 4.88 Å². The molecule has 2 aromatic carbocycles. The minimum Gasteiger partial charge on any atom is -0.493 e. The average molecular weight is 472 g/mol. The van der Waals surface area contributed by atoms with Crippen molar-refractivity contribution in [1.82, 2.24) is 5.43 Å². The molecule has 1 aromatic heterocycles. The normalized spacial score (nSPS) is 10.6. The Morgan fingerprint density at radius 3 is 2.59 bits per heavy atom. The summed E-state index contributed by atoms with van der Waals surface area (Å²) in [5.41, 5.74) is 3.77. The summed E-state index contributed by atoms with van der Waals surface area (Å²) in [7, 11) is 1.43. The maximum Gasteiger partial charge on any atom is 0.353 e. The number of hydrazone groups is 1. The van der Waals surface area contributed by atoms with Gasteiger partial charge in [0.15, 0.2) is 11.5 Å². The largest absolute Gasteiger partial charge is 0.493 e. The van der Waals surface area contributed by atoms with Gasteiger partial charge in [-0.2, -0.15) is 5.10 Å². The lowest BCUT2D eigenvalue weighted by Gasteiger charge is -2.09. The van der Waals surface area contributed by atoms with Gasteiger partial charge in [0, 0.05) is 10.7 Å². The number of thiophene rings is 1. The van der Waals surface area contributed by atoms with Crippen LogP contribution >= 0.6 is 22.9 Å². The van der Waals surface area contributed by atoms with Crippen molar-refractivity contribution >= 4 is 52.6 Å². The third-order valence-electron chi connectivity index (χ3n) is 4.21. The van der Waals surface area contributed by atoms with E-state index in [1.807, 2.05) is 0 Å². The number of hydrogen-bond donors (Lipinski definition) is 2. The maximum absolute atomic E-state index is 12.1. The number of esters is 1. The summed E-state index contributed by atoms with van der Waals surface area (Å²) in [6.45, 7) is 1.72. The summed E-state index contributed by atoms with van der Waals surface area (Å²) in [4.78, 5) is 36.6. The Labute approximate surface area is 192 Å². The summed E-state index contributed by atoms with van der Waals surface area (Å²) >= 11 is 7.27. The SMILES string of the molecule is COc1cc(/C=N/NC(=O)C(=O)Nc2cccc(Cl)c2C)ccc1OC(=O)c1cccs1. The second-order valence-corrected chi connectivity index (χ2v) is 7.70. The molecule has 0 radical (unpaired) electrons. The number of halogens is 1. The van der Waals surface area contributed by atoms with Gasteiger partial charge in [-0.3, -0.25) is 9.59 Å². The molecule has 1 heterocycles. The second kappa shape index (κ2) is 10.6. The van der Waals surface area contributed by atoms with Gasteiger partial charge in [0.25, 0.3) is 0 Å². The Hall–Kier alpha value is -3.69. The monoisotopic (exact) mass is 471 g/mol. The third kappa shape index (κ3) is 5.71. The number of nitrogens with zero attached hydrogens (tertiary/aromatic N) is 1. The number of methoxy groups -OCH3 is 1. The number of carbonyl (C=O) groups excluding carboxylic acids is 3. The first-order valence-corrected chi connectivity index (χ1v) is 10.5. The van der Waals surface area contributed by atoms with Crippen molar-refractivity contribution in [1.29, 1.82) is 0 Å². The Morgan fingerprint density at radius 1 is 1.06 bits per heavy atom. The molecule has 2 N–H and O–H groups in total. The van der Waals surface area contributed by atoms with Crippen LogP contribution in [-0.2, 0) is 9.59 Å². The summed E-state index contributed by atoms with van der Waals surface area (Å²) in [5, 5.41) is 8.50. The topological polar surface area (TPSA) is 106 Å². The number of amides is 2. The molecule has 0 saturated carbocycles. The molecule has 2 amide bonds. The molecule has 0 atom stereocenters. The highest BCUT2D eigenvalue weighted by Gasteiger charge is 2.15. The first-order chi connectivity index (χ1) is 15.4. The van der Waals surface area contributed by atoms with E-state index in [-0.39, 0.29) is 5.75 Å². The Balaban J connectivity index is 1.60. The van der Waals surface area contributed by atoms with Crippen LogP contribution in [-0.4, -0.2) is 31.1 Å². The number of benzene rings is 2. The molecule has 164 valence electrons. The molecule has 8 nitrogen and oxygen atoms in total. The summed E-state index contributed by atoms with van der Waals surface area (Å²) in [6, 6.07) is 13.1. The zero-order chi connectivity index (χ0) is 23.1. The van der Waals surface area contributed by atoms with Crippen LogP contribution in [0.1, 0.15) is 20.8 Å². The average Bonchev–Trinajstić information content (AvgIpc) is 3.33. The lowest BCUT2D eigenvalue weighted by molar-refractivity contribution is -0.136. The molecular weight excluding hydrogens is 454 g/mol. The molecule has 10 heteroatoms. The smallest absolute Gasteiger partial charge is 0.353 e. The van der Waals surface area contributed by atoms with Crippen molar-refractivity contribution in [3.63, 3.8) is 0 Å². The zero-order valence-corrected chi connectivity index (χ0v) is 18.6. The maximum atomic E-state index is 12.1. The fraction of sp³-hybridized carbons (Fsp3) is 0.0909. The molecule has 0 saturated heterocycles. The number of hydrogen-bond acceptors (Lipinski definition) is 7. The molecule has 0 bridgehead atoms. The van der Waals surface area contributed by atoms with Crippen molar-refractivity contribution in [2.45, 2.75) is 6.92 Å². The lowest BCUT2D eigenvalue weighted by Crippen LogP contribution is -2.32. The highest BCUT2D eigenvalue weighted by molar-refractivity contribution is 7.12. The number of nitrogens with one attached hydrogen (secondary N) is 2. The van der Waals surface area contributed by atoms with Crippen molar-refractivity contribution in [3.05, 3.63) is 74.9 Å². The Kier molecular flexibility index (Phi) is 7.58. The van der Waals surface area contributed by atoms with Crippen molar-refractivity contribution in [2.75, 3.05) is 12.4 Å². The van der Waals surface area contributed by atoms with E-state index in [0.717, 1.165) is 0 Å². The highest BCUT2D eigenvalue weighted by atomic mass is 35.5. The summed E-state index contributed by atoms with van der Waals surface area (Å²) in [6.07, 6.45) is 1.32. The van der Waals surface area contributed by atoms with Crippen LogP contribution in [0.15, 0.2) is 59.0 Å². The van der Waals surface area contributed by atoms with Crippen molar-refractivity contribution < 1.29 is 23.9 Å². The van der Waals surface area contributed by atoms with Crippen LogP contribution in [0, 0.1) is 6.92 Å². The first-order valence-electron chi connectivity index (χ1n) is 9.22. The second-order valence-electron chi connectivity index (χ2n) is 6.34. The van der Waals surface area contributed by atoms with Crippen LogP contribution in [0.4, 0.5) is 5.69 Å². The standard InChI is InChI=1S/C22H18ClN3O5S/c1-13-15(23)5-3-6-16(13)25-20(27)21(28)26-24-12-14-8-9-17(18(11-14)30-2)31-22(29)19-7-4-10-32-19/h3-12H,1-2H3,(H,25,27)(H,26,28)/b24-12+. The van der Waals surface area contributed by atoms with Crippen LogP contribution in [0.5, 0.6) is 11.5 Å². The predicted molar refractivity (Wildman–Crippen MR) is 123 cm³/mol. The molecule has 0 aliphatic rings. The van der Waals surface area contributed by atoms with Crippen molar-refractivity contribution in [2.24, 2.45) is 5.10 Å². The van der Waals surface area contributed by atoms with Gasteiger partial charge in [0.2, 0.25) is 0 Å². The van der Waals surface area contributed by atoms with Gasteiger partial charge in [-0.25, -0.2) is 10.2 Å². The van der Waals surface area contributed by atoms with E-state index in [4.69, 9.17) is 21.1 Å². The minimum atomic E-state index is -0.950. The van der Waals surface area contributed by atoms with Gasteiger partial charge in [0.05, 0.1) is 13.3 Å². The highest BCUT2D eigenvalue weighted by Crippen LogP contribution is 2.29. The quantitative estimate of drug-likeness (QED) is 0.186. The van der Waals surface area contributed by atoms with E-state index in [9.17, 15) is 14.4 Å². The van der Waals surface area contributed by atoms with E-state index >= 15 is 0 Å². The van der Waals surface area contributed by atoms with Crippen LogP contribution in [0.2, 0.25) is 5.02 Å². The zero-order valence-electron chi connectivity index (χ0n) is 17.0. The molecule has 3 aromatic rings. The van der Waals surface area contributed by atoms with E-state index in [1.165, 1.54) is 24.7 Å². The van der Waals surface area contributed by atoms with Gasteiger partial charge >= 0.3 is 17.8 Å². The molecule has 0 unspecified atom stereocenters. The van der Waals surface area contributed by atoms with E-state index in [0.29, 0.717) is 32.5 Å². The number of anilines is 1. The first kappa shape index (κ1) is 23.0. The van der Waals surface area contributed by atoms with Gasteiger partial charge in [-0.05, 0) is 59.8 Å².